The molecule has 5 heteroatoms. The van der Waals surface area contributed by atoms with Gasteiger partial charge >= 0.3 is 0 Å². The van der Waals surface area contributed by atoms with E-state index in [2.05, 4.69) is 5.32 Å². The number of amides is 1. The Labute approximate surface area is 115 Å². The van der Waals surface area contributed by atoms with E-state index < -0.39 is 23.6 Å². The van der Waals surface area contributed by atoms with Crippen molar-refractivity contribution in [2.75, 3.05) is 5.73 Å². The summed E-state index contributed by atoms with van der Waals surface area (Å²) in [5, 5.41) is 2.60. The molecule has 2 aromatic carbocycles. The van der Waals surface area contributed by atoms with Crippen LogP contribution in [0.5, 0.6) is 0 Å². The van der Waals surface area contributed by atoms with Crippen LogP contribution in [0.3, 0.4) is 0 Å². The molecule has 0 aliphatic rings. The first-order chi connectivity index (χ1) is 9.49. The highest BCUT2D eigenvalue weighted by molar-refractivity contribution is 5.99. The molecule has 0 bridgehead atoms. The highest BCUT2D eigenvalue weighted by Crippen LogP contribution is 2.19. The third-order valence-electron chi connectivity index (χ3n) is 2.98. The molecule has 0 aliphatic carbocycles. The van der Waals surface area contributed by atoms with Gasteiger partial charge in [-0.1, -0.05) is 12.1 Å². The number of carbonyl (C=O) groups is 1. The van der Waals surface area contributed by atoms with E-state index in [1.54, 1.807) is 31.2 Å². The molecule has 104 valence electrons. The Balaban J connectivity index is 2.19. The molecule has 0 spiro atoms. The van der Waals surface area contributed by atoms with Crippen LogP contribution in [0.25, 0.3) is 0 Å². The summed E-state index contributed by atoms with van der Waals surface area (Å²) in [4.78, 5) is 12.0. The van der Waals surface area contributed by atoms with E-state index >= 15 is 0 Å². The lowest BCUT2D eigenvalue weighted by atomic mass is 10.1. The summed E-state index contributed by atoms with van der Waals surface area (Å²) in [5.74, 6) is -1.55. The van der Waals surface area contributed by atoms with E-state index in [1.807, 2.05) is 0 Å². The average Bonchev–Trinajstić information content (AvgIpc) is 2.41. The van der Waals surface area contributed by atoms with Crippen molar-refractivity contribution in [3.63, 3.8) is 0 Å². The van der Waals surface area contributed by atoms with Gasteiger partial charge in [-0.05, 0) is 37.3 Å². The fourth-order valence-electron chi connectivity index (χ4n) is 1.90. The van der Waals surface area contributed by atoms with Crippen LogP contribution in [0.4, 0.5) is 14.5 Å². The number of rotatable bonds is 3. The van der Waals surface area contributed by atoms with Crippen LogP contribution in [0.15, 0.2) is 42.5 Å². The SMILES string of the molecule is CC(NC(=O)c1ccccc1N)c1cc(F)ccc1F. The lowest BCUT2D eigenvalue weighted by Gasteiger charge is -2.16. The number of carbonyl (C=O) groups excluding carboxylic acids is 1. The summed E-state index contributed by atoms with van der Waals surface area (Å²) in [6.07, 6.45) is 0. The van der Waals surface area contributed by atoms with Crippen LogP contribution in [0, 0.1) is 11.6 Å². The van der Waals surface area contributed by atoms with Crippen LogP contribution < -0.4 is 11.1 Å². The quantitative estimate of drug-likeness (QED) is 0.847. The van der Waals surface area contributed by atoms with Gasteiger partial charge in [-0.2, -0.15) is 0 Å². The first kappa shape index (κ1) is 14.0. The van der Waals surface area contributed by atoms with Crippen LogP contribution >= 0.6 is 0 Å². The Morgan fingerprint density at radius 3 is 2.60 bits per heavy atom. The summed E-state index contributed by atoms with van der Waals surface area (Å²) in [6.45, 7) is 1.58. The number of para-hydroxylation sites is 1. The lowest BCUT2D eigenvalue weighted by Crippen LogP contribution is -2.28. The Kier molecular flexibility index (Phi) is 3.98. The van der Waals surface area contributed by atoms with Gasteiger partial charge in [0.25, 0.3) is 5.91 Å². The summed E-state index contributed by atoms with van der Waals surface area (Å²) >= 11 is 0. The highest BCUT2D eigenvalue weighted by atomic mass is 19.1. The molecule has 1 unspecified atom stereocenters. The number of nitrogen functional groups attached to an aromatic ring is 1. The van der Waals surface area contributed by atoms with Crippen molar-refractivity contribution in [2.24, 2.45) is 0 Å². The van der Waals surface area contributed by atoms with Gasteiger partial charge in [0, 0.05) is 11.3 Å². The minimum Gasteiger partial charge on any atom is -0.398 e. The molecule has 0 saturated carbocycles. The number of hydrogen-bond acceptors (Lipinski definition) is 2. The van der Waals surface area contributed by atoms with Crippen molar-refractivity contribution >= 4 is 11.6 Å². The van der Waals surface area contributed by atoms with Gasteiger partial charge in [0.05, 0.1) is 11.6 Å². The second-order valence-corrected chi connectivity index (χ2v) is 4.45. The maximum atomic E-state index is 13.6. The second kappa shape index (κ2) is 5.69. The zero-order valence-electron chi connectivity index (χ0n) is 10.9. The minimum atomic E-state index is -0.669. The van der Waals surface area contributed by atoms with Gasteiger partial charge in [-0.15, -0.1) is 0 Å². The first-order valence-electron chi connectivity index (χ1n) is 6.09. The topological polar surface area (TPSA) is 55.1 Å². The smallest absolute Gasteiger partial charge is 0.253 e. The van der Waals surface area contributed by atoms with Crippen molar-refractivity contribution in [2.45, 2.75) is 13.0 Å². The highest BCUT2D eigenvalue weighted by Gasteiger charge is 2.16. The molecular formula is C15H14F2N2O. The number of hydrogen-bond donors (Lipinski definition) is 2. The van der Waals surface area contributed by atoms with E-state index in [-0.39, 0.29) is 5.56 Å². The number of halogens is 2. The molecular weight excluding hydrogens is 262 g/mol. The minimum absolute atomic E-state index is 0.0906. The van der Waals surface area contributed by atoms with Gasteiger partial charge in [0.2, 0.25) is 0 Å². The van der Waals surface area contributed by atoms with E-state index in [1.165, 1.54) is 0 Å². The van der Waals surface area contributed by atoms with Gasteiger partial charge in [0.15, 0.2) is 0 Å². The van der Waals surface area contributed by atoms with Crippen molar-refractivity contribution in [3.05, 3.63) is 65.2 Å². The third-order valence-corrected chi connectivity index (χ3v) is 2.98. The maximum Gasteiger partial charge on any atom is 0.253 e. The Bertz CT molecular complexity index is 644. The number of benzene rings is 2. The Hall–Kier alpha value is -2.43. The largest absolute Gasteiger partial charge is 0.398 e. The monoisotopic (exact) mass is 276 g/mol. The molecule has 0 saturated heterocycles. The average molecular weight is 276 g/mol. The predicted octanol–water partition coefficient (Wildman–Crippen LogP) is 3.04. The second-order valence-electron chi connectivity index (χ2n) is 4.45. The summed E-state index contributed by atoms with van der Waals surface area (Å²) < 4.78 is 26.7. The van der Waals surface area contributed by atoms with Crippen molar-refractivity contribution in [1.82, 2.24) is 5.32 Å². The Morgan fingerprint density at radius 2 is 1.90 bits per heavy atom. The van der Waals surface area contributed by atoms with Crippen LogP contribution in [-0.2, 0) is 0 Å². The van der Waals surface area contributed by atoms with E-state index in [0.717, 1.165) is 18.2 Å². The predicted molar refractivity (Wildman–Crippen MR) is 73.1 cm³/mol. The summed E-state index contributed by atoms with van der Waals surface area (Å²) in [6, 6.07) is 9.02. The van der Waals surface area contributed by atoms with Crippen LogP contribution in [-0.4, -0.2) is 5.91 Å². The maximum absolute atomic E-state index is 13.6. The van der Waals surface area contributed by atoms with Gasteiger partial charge in [-0.25, -0.2) is 8.78 Å². The molecule has 3 nitrogen and oxygen atoms in total. The lowest BCUT2D eigenvalue weighted by molar-refractivity contribution is 0.0940. The fraction of sp³-hybridized carbons (Fsp3) is 0.133. The fourth-order valence-corrected chi connectivity index (χ4v) is 1.90. The molecule has 0 fully saturated rings. The van der Waals surface area contributed by atoms with Crippen LogP contribution in [0.2, 0.25) is 0 Å². The van der Waals surface area contributed by atoms with Crippen molar-refractivity contribution in [3.8, 4) is 0 Å². The van der Waals surface area contributed by atoms with Gasteiger partial charge in [-0.3, -0.25) is 4.79 Å². The number of nitrogens with two attached hydrogens (primary N) is 1. The molecule has 1 atom stereocenters. The molecule has 2 aromatic rings. The van der Waals surface area contributed by atoms with Crippen molar-refractivity contribution in [1.29, 1.82) is 0 Å². The standard InChI is InChI=1S/C15H14F2N2O/c1-9(12-8-10(16)6-7-13(12)17)19-15(20)11-4-2-3-5-14(11)18/h2-9H,18H2,1H3,(H,19,20). The summed E-state index contributed by atoms with van der Waals surface area (Å²) in [7, 11) is 0. The molecule has 1 amide bonds. The van der Waals surface area contributed by atoms with Gasteiger partial charge < -0.3 is 11.1 Å². The zero-order chi connectivity index (χ0) is 14.7. The molecule has 20 heavy (non-hydrogen) atoms. The normalized spacial score (nSPS) is 11.9. The van der Waals surface area contributed by atoms with Crippen LogP contribution in [0.1, 0.15) is 28.9 Å². The van der Waals surface area contributed by atoms with E-state index in [9.17, 15) is 13.6 Å². The molecule has 0 radical (unpaired) electrons. The number of anilines is 1. The van der Waals surface area contributed by atoms with E-state index in [4.69, 9.17) is 5.73 Å². The number of nitrogens with one attached hydrogen (secondary N) is 1. The molecule has 0 heterocycles. The van der Waals surface area contributed by atoms with Gasteiger partial charge in [0.1, 0.15) is 11.6 Å². The zero-order valence-corrected chi connectivity index (χ0v) is 10.9. The Morgan fingerprint density at radius 1 is 1.20 bits per heavy atom. The molecule has 3 N–H and O–H groups in total. The van der Waals surface area contributed by atoms with Crippen molar-refractivity contribution < 1.29 is 13.6 Å². The molecule has 2 rings (SSSR count). The third kappa shape index (κ3) is 2.93. The molecule has 0 aromatic heterocycles. The van der Waals surface area contributed by atoms with E-state index in [0.29, 0.717) is 11.3 Å². The summed E-state index contributed by atoms with van der Waals surface area (Å²) in [5.41, 5.74) is 6.42. The molecule has 0 aliphatic heterocycles. The first-order valence-corrected chi connectivity index (χ1v) is 6.09.